The zero-order chi connectivity index (χ0) is 16.1. The Morgan fingerprint density at radius 2 is 1.91 bits per heavy atom. The Hall–Kier alpha value is -1.94. The molecule has 2 aliphatic rings. The summed E-state index contributed by atoms with van der Waals surface area (Å²) >= 11 is 6.47. The lowest BCUT2D eigenvalue weighted by molar-refractivity contribution is 0.187. The topological polar surface area (TPSA) is 39.1 Å². The highest BCUT2D eigenvalue weighted by atomic mass is 35.5. The van der Waals surface area contributed by atoms with Crippen LogP contribution in [0.4, 0.5) is 5.69 Å². The molecular weight excluding hydrogens is 298 g/mol. The van der Waals surface area contributed by atoms with Crippen LogP contribution in [0.15, 0.2) is 53.3 Å². The average Bonchev–Trinajstić information content (AvgIpc) is 2.75. The summed E-state index contributed by atoms with van der Waals surface area (Å²) in [6.45, 7) is 8.24. The van der Waals surface area contributed by atoms with Crippen LogP contribution in [-0.4, -0.2) is 26.2 Å². The third-order valence-corrected chi connectivity index (χ3v) is 3.84. The molecule has 116 valence electrons. The molecule has 0 radical (unpaired) electrons. The number of hydrazone groups is 1. The van der Waals surface area contributed by atoms with E-state index in [4.69, 9.17) is 11.6 Å². The van der Waals surface area contributed by atoms with Gasteiger partial charge in [0, 0.05) is 0 Å². The minimum absolute atomic E-state index is 0.193. The maximum absolute atomic E-state index is 10.2. The van der Waals surface area contributed by atoms with Crippen LogP contribution in [0.1, 0.15) is 27.7 Å². The predicted octanol–water partition coefficient (Wildman–Crippen LogP) is 4.03. The summed E-state index contributed by atoms with van der Waals surface area (Å²) in [5.74, 6) is 0.193. The number of para-hydroxylation sites is 2. The van der Waals surface area contributed by atoms with Gasteiger partial charge in [-0.2, -0.15) is 5.12 Å². The van der Waals surface area contributed by atoms with E-state index in [0.717, 1.165) is 11.4 Å². The molecule has 22 heavy (non-hydrogen) atoms. The van der Waals surface area contributed by atoms with E-state index in [1.54, 1.807) is 17.3 Å². The molecular formula is C17H20ClN3O. The number of hydrogen-bond donors (Lipinski definition) is 1. The minimum Gasteiger partial charge on any atom is -0.506 e. The number of hydrogen-bond acceptors (Lipinski definition) is 4. The number of halogens is 1. The molecule has 0 bridgehead atoms. The standard InChI is InChI=1S/C17H20ClN3O/c1-16(2,3)20-14-11-17(4,18)10-9-12(14)19-21(20)13-7-5-6-8-15(13)22/h5-11,22H,1-4H3. The van der Waals surface area contributed by atoms with E-state index in [1.807, 2.05) is 37.3 Å². The van der Waals surface area contributed by atoms with E-state index in [-0.39, 0.29) is 11.3 Å². The molecule has 0 amide bonds. The van der Waals surface area contributed by atoms with Gasteiger partial charge in [0.1, 0.15) is 17.1 Å². The first-order valence-electron chi connectivity index (χ1n) is 7.27. The lowest BCUT2D eigenvalue weighted by Gasteiger charge is -2.41. The van der Waals surface area contributed by atoms with Crippen LogP contribution in [-0.2, 0) is 0 Å². The average molecular weight is 318 g/mol. The first kappa shape index (κ1) is 15.0. The summed E-state index contributed by atoms with van der Waals surface area (Å²) in [6, 6.07) is 7.19. The van der Waals surface area contributed by atoms with E-state index in [2.05, 4.69) is 30.9 Å². The highest BCUT2D eigenvalue weighted by Crippen LogP contribution is 2.40. The van der Waals surface area contributed by atoms with Crippen molar-refractivity contribution in [1.29, 1.82) is 0 Å². The van der Waals surface area contributed by atoms with Crippen molar-refractivity contribution in [3.8, 4) is 5.75 Å². The SMILES string of the molecule is CC1(Cl)C=CC2=NN(c3ccccc3O)N(C(C)(C)C)C2=C1. The molecule has 1 aliphatic heterocycles. The Balaban J connectivity index is 2.14. The number of rotatable bonds is 1. The van der Waals surface area contributed by atoms with Crippen molar-refractivity contribution in [3.05, 3.63) is 48.2 Å². The molecule has 1 atom stereocenters. The molecule has 1 heterocycles. The fourth-order valence-corrected chi connectivity index (χ4v) is 2.83. The molecule has 3 rings (SSSR count). The minimum atomic E-state index is -0.535. The maximum Gasteiger partial charge on any atom is 0.143 e. The third-order valence-electron chi connectivity index (χ3n) is 3.60. The molecule has 0 aromatic heterocycles. The van der Waals surface area contributed by atoms with Gasteiger partial charge >= 0.3 is 0 Å². The third kappa shape index (κ3) is 2.48. The number of anilines is 1. The monoisotopic (exact) mass is 317 g/mol. The van der Waals surface area contributed by atoms with Gasteiger partial charge in [-0.15, -0.1) is 16.7 Å². The first-order valence-corrected chi connectivity index (χ1v) is 7.65. The normalized spacial score (nSPS) is 24.2. The number of aromatic hydroxyl groups is 1. The summed E-state index contributed by atoms with van der Waals surface area (Å²) in [5, 5.41) is 18.7. The maximum atomic E-state index is 10.2. The van der Waals surface area contributed by atoms with Crippen molar-refractivity contribution in [2.75, 3.05) is 5.12 Å². The molecule has 1 aliphatic carbocycles. The van der Waals surface area contributed by atoms with Crippen LogP contribution >= 0.6 is 11.6 Å². The lowest BCUT2D eigenvalue weighted by Crippen LogP contribution is -2.48. The van der Waals surface area contributed by atoms with Crippen LogP contribution in [0.3, 0.4) is 0 Å². The summed E-state index contributed by atoms with van der Waals surface area (Å²) in [7, 11) is 0. The van der Waals surface area contributed by atoms with Crippen LogP contribution in [0.2, 0.25) is 0 Å². The number of nitrogens with zero attached hydrogens (tertiary/aromatic N) is 3. The van der Waals surface area contributed by atoms with Gasteiger partial charge in [0.05, 0.1) is 16.1 Å². The number of benzene rings is 1. The quantitative estimate of drug-likeness (QED) is 0.795. The molecule has 0 saturated heterocycles. The second-order valence-electron chi connectivity index (χ2n) is 6.76. The molecule has 1 aromatic rings. The largest absolute Gasteiger partial charge is 0.506 e. The first-order chi connectivity index (χ1) is 10.2. The Labute approximate surface area is 136 Å². The van der Waals surface area contributed by atoms with Crippen molar-refractivity contribution in [1.82, 2.24) is 5.01 Å². The van der Waals surface area contributed by atoms with Crippen LogP contribution in [0, 0.1) is 0 Å². The molecule has 4 nitrogen and oxygen atoms in total. The second-order valence-corrected chi connectivity index (χ2v) is 7.57. The highest BCUT2D eigenvalue weighted by molar-refractivity contribution is 6.28. The summed E-state index contributed by atoms with van der Waals surface area (Å²) in [5.41, 5.74) is 2.22. The number of alkyl halides is 1. The Morgan fingerprint density at radius 3 is 2.55 bits per heavy atom. The van der Waals surface area contributed by atoms with Gasteiger partial charge in [0.2, 0.25) is 0 Å². The van der Waals surface area contributed by atoms with E-state index >= 15 is 0 Å². The lowest BCUT2D eigenvalue weighted by atomic mass is 9.98. The van der Waals surface area contributed by atoms with E-state index < -0.39 is 4.87 Å². The van der Waals surface area contributed by atoms with E-state index in [9.17, 15) is 5.11 Å². The molecule has 0 fully saturated rings. The van der Waals surface area contributed by atoms with Crippen LogP contribution in [0.25, 0.3) is 0 Å². The van der Waals surface area contributed by atoms with Crippen molar-refractivity contribution in [2.45, 2.75) is 38.1 Å². The highest BCUT2D eigenvalue weighted by Gasteiger charge is 2.40. The number of hydrazine groups is 1. The van der Waals surface area contributed by atoms with Gasteiger partial charge in [-0.3, -0.25) is 5.01 Å². The number of allylic oxidation sites excluding steroid dienone is 3. The van der Waals surface area contributed by atoms with Gasteiger partial charge in [0.15, 0.2) is 0 Å². The van der Waals surface area contributed by atoms with Crippen LogP contribution in [0.5, 0.6) is 5.75 Å². The van der Waals surface area contributed by atoms with E-state index in [0.29, 0.717) is 5.69 Å². The second kappa shape index (κ2) is 4.78. The molecule has 1 N–H and O–H groups in total. The molecule has 1 unspecified atom stereocenters. The molecule has 1 aromatic carbocycles. The van der Waals surface area contributed by atoms with Gasteiger partial charge < -0.3 is 5.11 Å². The van der Waals surface area contributed by atoms with Gasteiger partial charge in [0.25, 0.3) is 0 Å². The molecule has 5 heteroatoms. The van der Waals surface area contributed by atoms with Crippen molar-refractivity contribution < 1.29 is 5.11 Å². The van der Waals surface area contributed by atoms with Gasteiger partial charge in [-0.1, -0.05) is 18.2 Å². The molecule has 0 spiro atoms. The van der Waals surface area contributed by atoms with Crippen LogP contribution < -0.4 is 5.12 Å². The Kier molecular flexibility index (Phi) is 3.25. The fourth-order valence-electron chi connectivity index (χ4n) is 2.66. The van der Waals surface area contributed by atoms with Crippen molar-refractivity contribution in [3.63, 3.8) is 0 Å². The summed E-state index contributed by atoms with van der Waals surface area (Å²) in [4.78, 5) is -0.535. The number of phenols is 1. The zero-order valence-electron chi connectivity index (χ0n) is 13.2. The fraction of sp³-hybridized carbons (Fsp3) is 0.353. The number of fused-ring (bicyclic) bond motifs is 1. The molecule has 0 saturated carbocycles. The van der Waals surface area contributed by atoms with Gasteiger partial charge in [-0.05, 0) is 52.0 Å². The van der Waals surface area contributed by atoms with Gasteiger partial charge in [-0.25, -0.2) is 0 Å². The van der Waals surface area contributed by atoms with Crippen molar-refractivity contribution in [2.24, 2.45) is 5.10 Å². The smallest absolute Gasteiger partial charge is 0.143 e. The summed E-state index contributed by atoms with van der Waals surface area (Å²) < 4.78 is 0. The predicted molar refractivity (Wildman–Crippen MR) is 91.1 cm³/mol. The van der Waals surface area contributed by atoms with E-state index in [1.165, 1.54) is 0 Å². The number of phenolic OH excluding ortho intramolecular Hbond substituents is 1. The Bertz CT molecular complexity index is 698. The summed E-state index contributed by atoms with van der Waals surface area (Å²) in [6.07, 6.45) is 5.85. The zero-order valence-corrected chi connectivity index (χ0v) is 14.0. The van der Waals surface area contributed by atoms with Crippen molar-refractivity contribution >= 4 is 23.0 Å². The Morgan fingerprint density at radius 1 is 1.23 bits per heavy atom.